The van der Waals surface area contributed by atoms with Crippen LogP contribution < -0.4 is 0 Å². The summed E-state index contributed by atoms with van der Waals surface area (Å²) in [6, 6.07) is 4.11. The number of aliphatic hydroxyl groups is 2. The van der Waals surface area contributed by atoms with Crippen LogP contribution in [0.15, 0.2) is 52.0 Å². The van der Waals surface area contributed by atoms with Gasteiger partial charge in [-0.1, -0.05) is 45.4 Å². The van der Waals surface area contributed by atoms with Gasteiger partial charge in [0.05, 0.1) is 12.2 Å². The van der Waals surface area contributed by atoms with Crippen LogP contribution in [0, 0.1) is 64.1 Å². The van der Waals surface area contributed by atoms with Crippen molar-refractivity contribution in [3.63, 3.8) is 0 Å². The summed E-state index contributed by atoms with van der Waals surface area (Å²) < 4.78 is 18.2. The van der Waals surface area contributed by atoms with E-state index < -0.39 is 17.8 Å². The topological polar surface area (TPSA) is 140 Å². The predicted octanol–water partition coefficient (Wildman–Crippen LogP) is 10.6. The van der Waals surface area contributed by atoms with Crippen LogP contribution in [0.4, 0.5) is 0 Å². The Labute approximate surface area is 401 Å². The van der Waals surface area contributed by atoms with Gasteiger partial charge in [-0.25, -0.2) is 0 Å². The summed E-state index contributed by atoms with van der Waals surface area (Å²) in [5.74, 6) is 3.78. The molecule has 2 saturated heterocycles. The van der Waals surface area contributed by atoms with Gasteiger partial charge in [0.15, 0.2) is 11.6 Å². The SMILES string of the molecule is C[C@]12CCC(=O)C=C1C=C[C@@H]1[C@@H]2[C@H](O)C[C@@]2(C)[C@H]1CC[C@@]21CCC(=O)O1.Cc1ccc([C@@H]2CC3=CC(=O)CC[C@]3(C)[C@@H]3[C@@H]2[C@@H]2CC[C@@]4(CCC(=O)O4)[C@@]2(C)C[C@H]3O)o1.I.II. The lowest BCUT2D eigenvalue weighted by Crippen LogP contribution is -2.61. The van der Waals surface area contributed by atoms with Gasteiger partial charge in [0, 0.05) is 85.6 Å². The van der Waals surface area contributed by atoms with Gasteiger partial charge in [0.25, 0.3) is 0 Å². The first kappa shape index (κ1) is 46.4. The minimum atomic E-state index is -0.490. The molecule has 15 atom stereocenters. The highest BCUT2D eigenvalue weighted by Gasteiger charge is 2.71. The van der Waals surface area contributed by atoms with Crippen LogP contribution in [0.25, 0.3) is 0 Å². The van der Waals surface area contributed by atoms with Gasteiger partial charge in [-0.15, -0.1) is 24.0 Å². The number of carbonyl (C=O) groups is 4. The van der Waals surface area contributed by atoms with E-state index in [0.717, 1.165) is 74.9 Å². The number of aryl methyl sites for hydroxylation is 1. The van der Waals surface area contributed by atoms with Crippen molar-refractivity contribution in [1.82, 2.24) is 0 Å². The Hall–Kier alpha value is -1.11. The molecule has 1 aromatic rings. The molecule has 0 radical (unpaired) electrons. The molecule has 61 heavy (non-hydrogen) atoms. The lowest BCUT2D eigenvalue weighted by molar-refractivity contribution is -0.188. The highest BCUT2D eigenvalue weighted by Crippen LogP contribution is 2.72. The Morgan fingerprint density at radius 2 is 1.25 bits per heavy atom. The zero-order valence-corrected chi connectivity index (χ0v) is 42.8. The number of carbonyl (C=O) groups excluding carboxylic acids is 4. The summed E-state index contributed by atoms with van der Waals surface area (Å²) in [6.07, 6.45) is 18.5. The minimum absolute atomic E-state index is 0. The average Bonchev–Trinajstić information content (AvgIpc) is 4.02. The van der Waals surface area contributed by atoms with Crippen LogP contribution in [0.1, 0.15) is 141 Å². The number of rotatable bonds is 1. The van der Waals surface area contributed by atoms with Gasteiger partial charge >= 0.3 is 11.9 Å². The van der Waals surface area contributed by atoms with Crippen LogP contribution in [-0.4, -0.2) is 57.1 Å². The molecular formula is C49H63I3O9. The molecule has 11 rings (SSSR count). The number of halogens is 3. The Morgan fingerprint density at radius 1 is 0.689 bits per heavy atom. The maximum atomic E-state index is 12.4. The maximum absolute atomic E-state index is 12.4. The molecule has 1 aromatic heterocycles. The standard InChI is InChI=1S/C27H34O5.C22H28O4.I2.HI/c1-15-4-5-21(31-15)18-13-16-12-17(28)6-9-25(16,2)24-20(29)14-26(3)19(23(18)24)7-10-27(26)11-8-22(30)32-27;1-20-8-5-14(23)11-13(20)3-4-15-16-6-9-22(10-7-18(25)26-22)21(16,2)12-17(24)19(15)20;1-2;/h4-5,12,18-20,23-24,29H,6-11,13-14H2,1-3H3;3-4,11,15-17,19,24H,5-10,12H2,1-2H3;;1H/t18-,19-,20+,23-,24-,25-,26-,27+;15-,16-,17+,19+,20-,21-,22+;;/m00../s1. The molecule has 2 aliphatic heterocycles. The molecule has 2 N–H and O–H groups in total. The zero-order valence-electron chi connectivity index (χ0n) is 36.2. The largest absolute Gasteiger partial charge is 0.466 e. The van der Waals surface area contributed by atoms with Gasteiger partial charge < -0.3 is 24.1 Å². The van der Waals surface area contributed by atoms with Crippen LogP contribution >= 0.6 is 61.2 Å². The predicted molar refractivity (Wildman–Crippen MR) is 257 cm³/mol. The third-order valence-corrected chi connectivity index (χ3v) is 19.2. The van der Waals surface area contributed by atoms with Crippen molar-refractivity contribution in [1.29, 1.82) is 0 Å². The van der Waals surface area contributed by atoms with Crippen LogP contribution in [0.5, 0.6) is 0 Å². The second-order valence-corrected chi connectivity index (χ2v) is 21.5. The van der Waals surface area contributed by atoms with Crippen molar-refractivity contribution < 1.29 is 43.3 Å². The highest BCUT2D eigenvalue weighted by atomic mass is 128. The van der Waals surface area contributed by atoms with E-state index in [4.69, 9.17) is 13.9 Å². The molecule has 8 aliphatic carbocycles. The molecular weight excluding hydrogens is 1110 g/mol. The van der Waals surface area contributed by atoms with E-state index in [-0.39, 0.29) is 104 Å². The van der Waals surface area contributed by atoms with E-state index in [9.17, 15) is 29.4 Å². The van der Waals surface area contributed by atoms with Crippen molar-refractivity contribution >= 4 is 84.7 Å². The average molecular weight is 1180 g/mol. The molecule has 0 unspecified atom stereocenters. The van der Waals surface area contributed by atoms with Gasteiger partial charge in [-0.3, -0.25) is 19.2 Å². The first-order chi connectivity index (χ1) is 28.5. The maximum Gasteiger partial charge on any atom is 0.306 e. The smallest absolute Gasteiger partial charge is 0.306 e. The Bertz CT molecular complexity index is 2070. The molecule has 334 valence electrons. The van der Waals surface area contributed by atoms with Crippen LogP contribution in [0.3, 0.4) is 0 Å². The number of hydrogen-bond acceptors (Lipinski definition) is 9. The highest BCUT2D eigenvalue weighted by molar-refractivity contribution is 15.0. The number of ether oxygens (including phenoxy) is 2. The van der Waals surface area contributed by atoms with Crippen molar-refractivity contribution in [3.8, 4) is 0 Å². The van der Waals surface area contributed by atoms with Crippen LogP contribution in [0.2, 0.25) is 0 Å². The number of furan rings is 1. The second-order valence-electron chi connectivity index (χ2n) is 21.5. The summed E-state index contributed by atoms with van der Waals surface area (Å²) >= 11 is 4.24. The molecule has 0 amide bonds. The summed E-state index contributed by atoms with van der Waals surface area (Å²) in [5, 5.41) is 23.1. The fourth-order valence-corrected chi connectivity index (χ4v) is 16.3. The number of fused-ring (bicyclic) bond motifs is 12. The summed E-state index contributed by atoms with van der Waals surface area (Å²) in [7, 11) is 0. The summed E-state index contributed by atoms with van der Waals surface area (Å²) in [4.78, 5) is 48.4. The van der Waals surface area contributed by atoms with Crippen molar-refractivity contribution in [3.05, 3.63) is 59.1 Å². The Kier molecular flexibility index (Phi) is 12.4. The molecule has 12 heteroatoms. The monoisotopic (exact) mass is 1180 g/mol. The van der Waals surface area contributed by atoms with Gasteiger partial charge in [0.1, 0.15) is 22.7 Å². The van der Waals surface area contributed by atoms with E-state index in [1.54, 1.807) is 6.08 Å². The summed E-state index contributed by atoms with van der Waals surface area (Å²) in [5.41, 5.74) is 0.774. The minimum Gasteiger partial charge on any atom is -0.466 e. The molecule has 2 spiro atoms. The van der Waals surface area contributed by atoms with Gasteiger partial charge in [-0.2, -0.15) is 0 Å². The molecule has 0 bridgehead atoms. The van der Waals surface area contributed by atoms with Crippen molar-refractivity contribution in [2.75, 3.05) is 0 Å². The van der Waals surface area contributed by atoms with Crippen molar-refractivity contribution in [2.45, 2.75) is 160 Å². The van der Waals surface area contributed by atoms with Crippen LogP contribution in [-0.2, 0) is 28.7 Å². The first-order valence-electron chi connectivity index (χ1n) is 22.6. The molecule has 0 aromatic carbocycles. The molecule has 7 fully saturated rings. The summed E-state index contributed by atoms with van der Waals surface area (Å²) in [6.45, 7) is 11.0. The zero-order chi connectivity index (χ0) is 42.8. The van der Waals surface area contributed by atoms with Gasteiger partial charge in [0.2, 0.25) is 0 Å². The van der Waals surface area contributed by atoms with Gasteiger partial charge in [-0.05, 0) is 148 Å². The fourth-order valence-electron chi connectivity index (χ4n) is 16.3. The third kappa shape index (κ3) is 6.84. The molecule has 5 saturated carbocycles. The number of allylic oxidation sites excluding steroid dienone is 5. The first-order valence-corrected chi connectivity index (χ1v) is 28.9. The van der Waals surface area contributed by atoms with Crippen molar-refractivity contribution in [2.24, 2.45) is 57.2 Å². The molecule has 9 nitrogen and oxygen atoms in total. The second kappa shape index (κ2) is 16.3. The lowest BCUT2D eigenvalue weighted by atomic mass is 9.43. The third-order valence-electron chi connectivity index (χ3n) is 19.2. The Morgan fingerprint density at radius 3 is 1.82 bits per heavy atom. The number of aliphatic hydroxyl groups excluding tert-OH is 2. The number of ketones is 2. The normalized spacial score (nSPS) is 47.4. The number of hydrogen-bond donors (Lipinski definition) is 2. The molecule has 10 aliphatic rings. The van der Waals surface area contributed by atoms with E-state index in [2.05, 4.69) is 83.1 Å². The lowest BCUT2D eigenvalue weighted by Gasteiger charge is -2.62. The quantitative estimate of drug-likeness (QED) is 0.208. The Balaban J connectivity index is 0.000000162. The fraction of sp³-hybridized carbons (Fsp3) is 0.714. The van der Waals surface area contributed by atoms with E-state index in [1.165, 1.54) is 5.57 Å². The number of esters is 2. The van der Waals surface area contributed by atoms with E-state index in [0.29, 0.717) is 50.4 Å². The van der Waals surface area contributed by atoms with E-state index >= 15 is 0 Å². The van der Waals surface area contributed by atoms with E-state index in [1.807, 2.05) is 19.1 Å². The molecule has 3 heterocycles.